The van der Waals surface area contributed by atoms with E-state index < -0.39 is 0 Å². The molecule has 11 heavy (non-hydrogen) atoms. The van der Waals surface area contributed by atoms with Gasteiger partial charge in [-0.1, -0.05) is 18.2 Å². The van der Waals surface area contributed by atoms with Crippen LogP contribution in [0.3, 0.4) is 0 Å². The van der Waals surface area contributed by atoms with Gasteiger partial charge in [0, 0.05) is 21.2 Å². The van der Waals surface area contributed by atoms with Crippen molar-refractivity contribution in [1.29, 1.82) is 0 Å². The van der Waals surface area contributed by atoms with Crippen molar-refractivity contribution < 1.29 is 4.52 Å². The predicted molar refractivity (Wildman–Crippen MR) is 50.9 cm³/mol. The SMILES string of the molecule is COPc1cccc(C)c1C. The Hall–Kier alpha value is -0.390. The van der Waals surface area contributed by atoms with E-state index in [0.29, 0.717) is 8.81 Å². The number of rotatable bonds is 2. The number of benzene rings is 1. The summed E-state index contributed by atoms with van der Waals surface area (Å²) in [5.41, 5.74) is 2.69. The minimum absolute atomic E-state index is 0.482. The molecule has 0 aliphatic carbocycles. The Balaban J connectivity index is 2.96. The summed E-state index contributed by atoms with van der Waals surface area (Å²) < 4.78 is 5.09. The van der Waals surface area contributed by atoms with Crippen molar-refractivity contribution in [2.24, 2.45) is 0 Å². The summed E-state index contributed by atoms with van der Waals surface area (Å²) in [7, 11) is 2.22. The van der Waals surface area contributed by atoms with E-state index in [9.17, 15) is 0 Å². The van der Waals surface area contributed by atoms with E-state index in [1.165, 1.54) is 16.4 Å². The number of aryl methyl sites for hydroxylation is 1. The largest absolute Gasteiger partial charge is 0.361 e. The van der Waals surface area contributed by atoms with Crippen LogP contribution < -0.4 is 5.30 Å². The maximum absolute atomic E-state index is 5.09. The fourth-order valence-electron chi connectivity index (χ4n) is 0.972. The Morgan fingerprint density at radius 1 is 1.27 bits per heavy atom. The molecule has 0 radical (unpaired) electrons. The van der Waals surface area contributed by atoms with Crippen molar-refractivity contribution in [1.82, 2.24) is 0 Å². The van der Waals surface area contributed by atoms with E-state index in [2.05, 4.69) is 32.0 Å². The molecule has 0 spiro atoms. The first-order valence-electron chi connectivity index (χ1n) is 3.61. The number of hydrogen-bond donors (Lipinski definition) is 0. The van der Waals surface area contributed by atoms with E-state index in [1.54, 1.807) is 7.11 Å². The Labute approximate surface area is 69.6 Å². The molecule has 1 aromatic rings. The summed E-state index contributed by atoms with van der Waals surface area (Å²) in [4.78, 5) is 0. The van der Waals surface area contributed by atoms with Crippen molar-refractivity contribution >= 4 is 14.1 Å². The first-order valence-corrected chi connectivity index (χ1v) is 4.51. The molecule has 1 nitrogen and oxygen atoms in total. The Kier molecular flexibility index (Phi) is 3.04. The highest BCUT2D eigenvalue weighted by molar-refractivity contribution is 7.42. The lowest BCUT2D eigenvalue weighted by Crippen LogP contribution is -2.01. The molecule has 0 aliphatic rings. The van der Waals surface area contributed by atoms with Gasteiger partial charge in [0.05, 0.1) is 0 Å². The molecule has 0 saturated heterocycles. The molecular formula is C9H13OP. The lowest BCUT2D eigenvalue weighted by Gasteiger charge is -2.05. The zero-order valence-corrected chi connectivity index (χ0v) is 8.14. The number of hydrogen-bond acceptors (Lipinski definition) is 1. The molecule has 0 aliphatic heterocycles. The van der Waals surface area contributed by atoms with Crippen molar-refractivity contribution in [3.05, 3.63) is 29.3 Å². The van der Waals surface area contributed by atoms with E-state index in [0.717, 1.165) is 0 Å². The normalized spacial score (nSPS) is 11.2. The molecular weight excluding hydrogens is 155 g/mol. The zero-order valence-electron chi connectivity index (χ0n) is 7.14. The van der Waals surface area contributed by atoms with Crippen LogP contribution in [0.1, 0.15) is 11.1 Å². The van der Waals surface area contributed by atoms with Crippen LogP contribution in [-0.4, -0.2) is 7.11 Å². The molecule has 0 heterocycles. The zero-order chi connectivity index (χ0) is 8.27. The quantitative estimate of drug-likeness (QED) is 0.615. The van der Waals surface area contributed by atoms with E-state index in [1.807, 2.05) is 0 Å². The highest BCUT2D eigenvalue weighted by Crippen LogP contribution is 2.15. The third-order valence-electron chi connectivity index (χ3n) is 1.82. The molecule has 1 aromatic carbocycles. The topological polar surface area (TPSA) is 9.23 Å². The van der Waals surface area contributed by atoms with Gasteiger partial charge >= 0.3 is 0 Å². The molecule has 1 unspecified atom stereocenters. The molecule has 0 aromatic heterocycles. The van der Waals surface area contributed by atoms with Crippen molar-refractivity contribution in [2.45, 2.75) is 13.8 Å². The van der Waals surface area contributed by atoms with Gasteiger partial charge in [-0.3, -0.25) is 0 Å². The van der Waals surface area contributed by atoms with Crippen molar-refractivity contribution in [3.8, 4) is 0 Å². The molecule has 0 amide bonds. The van der Waals surface area contributed by atoms with Gasteiger partial charge in [0.2, 0.25) is 0 Å². The minimum atomic E-state index is 0.482. The van der Waals surface area contributed by atoms with Crippen LogP contribution in [0.5, 0.6) is 0 Å². The molecule has 60 valence electrons. The Morgan fingerprint density at radius 3 is 2.64 bits per heavy atom. The second-order valence-corrected chi connectivity index (χ2v) is 3.70. The maximum Gasteiger partial charge on any atom is 0.0458 e. The smallest absolute Gasteiger partial charge is 0.0458 e. The third-order valence-corrected chi connectivity index (χ3v) is 2.78. The van der Waals surface area contributed by atoms with Gasteiger partial charge in [0.1, 0.15) is 0 Å². The van der Waals surface area contributed by atoms with Crippen LogP contribution in [0.2, 0.25) is 0 Å². The Morgan fingerprint density at radius 2 is 2.00 bits per heavy atom. The summed E-state index contributed by atoms with van der Waals surface area (Å²) in [6.45, 7) is 4.26. The fraction of sp³-hybridized carbons (Fsp3) is 0.333. The molecule has 0 bridgehead atoms. The van der Waals surface area contributed by atoms with Crippen LogP contribution in [0.25, 0.3) is 0 Å². The average Bonchev–Trinajstić information content (AvgIpc) is 1.99. The lowest BCUT2D eigenvalue weighted by molar-refractivity contribution is 0.481. The van der Waals surface area contributed by atoms with E-state index in [-0.39, 0.29) is 0 Å². The predicted octanol–water partition coefficient (Wildman–Crippen LogP) is 2.17. The summed E-state index contributed by atoms with van der Waals surface area (Å²) in [6, 6.07) is 6.31. The third kappa shape index (κ3) is 2.02. The molecule has 1 atom stereocenters. The van der Waals surface area contributed by atoms with Gasteiger partial charge < -0.3 is 4.52 Å². The van der Waals surface area contributed by atoms with Gasteiger partial charge in [0.25, 0.3) is 0 Å². The van der Waals surface area contributed by atoms with E-state index >= 15 is 0 Å². The lowest BCUT2D eigenvalue weighted by atomic mass is 10.1. The monoisotopic (exact) mass is 168 g/mol. The van der Waals surface area contributed by atoms with Gasteiger partial charge in [-0.15, -0.1) is 0 Å². The maximum atomic E-state index is 5.09. The summed E-state index contributed by atoms with van der Waals surface area (Å²) in [6.07, 6.45) is 0. The first-order chi connectivity index (χ1) is 5.25. The van der Waals surface area contributed by atoms with Crippen LogP contribution in [0.4, 0.5) is 0 Å². The van der Waals surface area contributed by atoms with Gasteiger partial charge in [-0.2, -0.15) is 0 Å². The molecule has 1 rings (SSSR count). The fourth-order valence-corrected chi connectivity index (χ4v) is 1.71. The second kappa shape index (κ2) is 3.85. The van der Waals surface area contributed by atoms with Crippen molar-refractivity contribution in [2.75, 3.05) is 7.11 Å². The van der Waals surface area contributed by atoms with Gasteiger partial charge in [-0.25, -0.2) is 0 Å². The second-order valence-electron chi connectivity index (χ2n) is 2.55. The highest BCUT2D eigenvalue weighted by Gasteiger charge is 1.98. The van der Waals surface area contributed by atoms with Crippen LogP contribution in [-0.2, 0) is 4.52 Å². The average molecular weight is 168 g/mol. The first kappa shape index (κ1) is 8.70. The van der Waals surface area contributed by atoms with Crippen LogP contribution in [0, 0.1) is 13.8 Å². The summed E-state index contributed by atoms with van der Waals surface area (Å²) in [5.74, 6) is 0. The standard InChI is InChI=1S/C9H13OP/c1-7-5-4-6-9(8(7)2)11-10-3/h4-6,11H,1-3H3. The summed E-state index contributed by atoms with van der Waals surface area (Å²) in [5, 5.41) is 1.31. The summed E-state index contributed by atoms with van der Waals surface area (Å²) >= 11 is 0. The van der Waals surface area contributed by atoms with Gasteiger partial charge in [0.15, 0.2) is 0 Å². The molecule has 0 N–H and O–H groups in total. The van der Waals surface area contributed by atoms with Crippen LogP contribution in [0.15, 0.2) is 18.2 Å². The molecule has 2 heteroatoms. The molecule has 0 fully saturated rings. The van der Waals surface area contributed by atoms with Gasteiger partial charge in [-0.05, 0) is 25.0 Å². The van der Waals surface area contributed by atoms with Crippen LogP contribution >= 0.6 is 8.81 Å². The van der Waals surface area contributed by atoms with E-state index in [4.69, 9.17) is 4.52 Å². The highest BCUT2D eigenvalue weighted by atomic mass is 31.1. The van der Waals surface area contributed by atoms with Crippen molar-refractivity contribution in [3.63, 3.8) is 0 Å². The molecule has 0 saturated carbocycles. The Bertz CT molecular complexity index is 245. The minimum Gasteiger partial charge on any atom is -0.361 e.